The third-order valence-electron chi connectivity index (χ3n) is 3.42. The maximum Gasteiger partial charge on any atom is 0.191 e. The first-order chi connectivity index (χ1) is 10.7. The number of benzene rings is 1. The van der Waals surface area contributed by atoms with Crippen LogP contribution >= 0.6 is 0 Å². The second kappa shape index (κ2) is 8.29. The molecule has 0 unspecified atom stereocenters. The van der Waals surface area contributed by atoms with Crippen LogP contribution in [0.15, 0.2) is 29.3 Å². The topological polar surface area (TPSA) is 70.6 Å². The summed E-state index contributed by atoms with van der Waals surface area (Å²) in [4.78, 5) is 4.04. The Hall–Kier alpha value is -1.63. The lowest BCUT2D eigenvalue weighted by Crippen LogP contribution is -2.42. The van der Waals surface area contributed by atoms with Gasteiger partial charge in [0.15, 0.2) is 15.8 Å². The zero-order valence-electron chi connectivity index (χ0n) is 14.2. The van der Waals surface area contributed by atoms with Crippen LogP contribution in [-0.2, 0) is 16.3 Å². The van der Waals surface area contributed by atoms with Crippen LogP contribution in [0.3, 0.4) is 0 Å². The molecule has 0 atom stereocenters. The Balaban J connectivity index is 2.38. The zero-order valence-corrected chi connectivity index (χ0v) is 15.0. The molecule has 0 aliphatic heterocycles. The van der Waals surface area contributed by atoms with Crippen molar-refractivity contribution >= 4 is 15.8 Å². The van der Waals surface area contributed by atoms with E-state index in [-0.39, 0.29) is 11.6 Å². The number of hydrogen-bond acceptors (Lipinski definition) is 3. The number of nitrogens with one attached hydrogen (secondary N) is 2. The lowest BCUT2D eigenvalue weighted by molar-refractivity contribution is 0.559. The summed E-state index contributed by atoms with van der Waals surface area (Å²) in [6.45, 7) is 5.94. The molecule has 0 aromatic heterocycles. The molecule has 0 saturated heterocycles. The Bertz CT molecular complexity index is 637. The molecule has 0 aliphatic rings. The largest absolute Gasteiger partial charge is 0.356 e. The van der Waals surface area contributed by atoms with Gasteiger partial charge in [0.1, 0.15) is 5.82 Å². The molecule has 0 bridgehead atoms. The van der Waals surface area contributed by atoms with Crippen molar-refractivity contribution in [1.29, 1.82) is 0 Å². The van der Waals surface area contributed by atoms with Crippen LogP contribution < -0.4 is 10.6 Å². The molecule has 2 N–H and O–H groups in total. The monoisotopic (exact) mass is 343 g/mol. The highest BCUT2D eigenvalue weighted by Crippen LogP contribution is 2.15. The first-order valence-corrected chi connectivity index (χ1v) is 9.22. The van der Waals surface area contributed by atoms with Gasteiger partial charge in [0.2, 0.25) is 0 Å². The van der Waals surface area contributed by atoms with Crippen LogP contribution in [0.25, 0.3) is 0 Å². The highest BCUT2D eigenvalue weighted by Gasteiger charge is 2.28. The molecule has 5 nitrogen and oxygen atoms in total. The van der Waals surface area contributed by atoms with E-state index >= 15 is 0 Å². The summed E-state index contributed by atoms with van der Waals surface area (Å²) in [5.41, 5.74) is 0.892. The fourth-order valence-corrected chi connectivity index (χ4v) is 2.83. The summed E-state index contributed by atoms with van der Waals surface area (Å²) >= 11 is 0. The van der Waals surface area contributed by atoms with E-state index in [0.29, 0.717) is 25.5 Å². The predicted octanol–water partition coefficient (Wildman–Crippen LogP) is 1.75. The van der Waals surface area contributed by atoms with Gasteiger partial charge >= 0.3 is 0 Å². The molecular weight excluding hydrogens is 317 g/mol. The van der Waals surface area contributed by atoms with Gasteiger partial charge in [-0.1, -0.05) is 12.1 Å². The van der Waals surface area contributed by atoms with Gasteiger partial charge in [-0.25, -0.2) is 12.8 Å². The molecule has 1 aromatic carbocycles. The van der Waals surface area contributed by atoms with Gasteiger partial charge in [-0.3, -0.25) is 4.99 Å². The van der Waals surface area contributed by atoms with Crippen molar-refractivity contribution in [2.24, 2.45) is 4.99 Å². The highest BCUT2D eigenvalue weighted by molar-refractivity contribution is 7.92. The van der Waals surface area contributed by atoms with E-state index in [1.807, 2.05) is 6.07 Å². The number of guanidine groups is 1. The SMILES string of the molecule is CN=C(NCCc1cccc(F)c1)NCCS(=O)(=O)C(C)(C)C. The number of rotatable bonds is 6. The quantitative estimate of drug-likeness (QED) is 0.610. The standard InChI is InChI=1S/C16H26FN3O2S/c1-16(2,3)23(21,22)11-10-20-15(18-4)19-9-8-13-6-5-7-14(17)12-13/h5-7,12H,8-11H2,1-4H3,(H2,18,19,20). The van der Waals surface area contributed by atoms with Crippen molar-refractivity contribution in [1.82, 2.24) is 10.6 Å². The fraction of sp³-hybridized carbons (Fsp3) is 0.562. The molecule has 0 heterocycles. The Morgan fingerprint density at radius 3 is 2.43 bits per heavy atom. The van der Waals surface area contributed by atoms with Crippen LogP contribution in [0.2, 0.25) is 0 Å². The number of halogens is 1. The van der Waals surface area contributed by atoms with Gasteiger partial charge in [0.25, 0.3) is 0 Å². The van der Waals surface area contributed by atoms with Crippen molar-refractivity contribution in [3.8, 4) is 0 Å². The minimum absolute atomic E-state index is 0.0428. The first kappa shape index (κ1) is 19.4. The number of hydrogen-bond donors (Lipinski definition) is 2. The van der Waals surface area contributed by atoms with Crippen molar-refractivity contribution in [3.63, 3.8) is 0 Å². The summed E-state index contributed by atoms with van der Waals surface area (Å²) in [5, 5.41) is 6.06. The van der Waals surface area contributed by atoms with E-state index in [1.165, 1.54) is 12.1 Å². The molecule has 0 radical (unpaired) electrons. The Kier molecular flexibility index (Phi) is 7.00. The number of aliphatic imine (C=N–C) groups is 1. The molecule has 0 aliphatic carbocycles. The molecule has 23 heavy (non-hydrogen) atoms. The van der Waals surface area contributed by atoms with Gasteiger partial charge in [-0.2, -0.15) is 0 Å². The zero-order chi connectivity index (χ0) is 17.5. The van der Waals surface area contributed by atoms with Crippen molar-refractivity contribution in [2.45, 2.75) is 31.9 Å². The average Bonchev–Trinajstić information content (AvgIpc) is 2.44. The molecule has 0 saturated carbocycles. The maximum atomic E-state index is 13.1. The minimum Gasteiger partial charge on any atom is -0.356 e. The van der Waals surface area contributed by atoms with Crippen LogP contribution in [0.5, 0.6) is 0 Å². The fourth-order valence-electron chi connectivity index (χ4n) is 1.85. The third kappa shape index (κ3) is 6.56. The van der Waals surface area contributed by atoms with Crippen LogP contribution in [0.4, 0.5) is 4.39 Å². The molecule has 7 heteroatoms. The average molecular weight is 343 g/mol. The summed E-state index contributed by atoms with van der Waals surface area (Å²) in [7, 11) is -1.54. The molecule has 0 fully saturated rings. The smallest absolute Gasteiger partial charge is 0.191 e. The van der Waals surface area contributed by atoms with Crippen LogP contribution in [0.1, 0.15) is 26.3 Å². The van der Waals surface area contributed by atoms with E-state index in [9.17, 15) is 12.8 Å². The van der Waals surface area contributed by atoms with E-state index in [4.69, 9.17) is 0 Å². The Morgan fingerprint density at radius 1 is 1.22 bits per heavy atom. The number of sulfone groups is 1. The van der Waals surface area contributed by atoms with E-state index in [0.717, 1.165) is 5.56 Å². The van der Waals surface area contributed by atoms with Crippen LogP contribution in [-0.4, -0.2) is 45.0 Å². The number of nitrogens with zero attached hydrogens (tertiary/aromatic N) is 1. The van der Waals surface area contributed by atoms with Crippen molar-refractivity contribution in [2.75, 3.05) is 25.9 Å². The molecular formula is C16H26FN3O2S. The molecule has 0 spiro atoms. The third-order valence-corrected chi connectivity index (χ3v) is 6.02. The predicted molar refractivity (Wildman–Crippen MR) is 93.0 cm³/mol. The van der Waals surface area contributed by atoms with Crippen molar-refractivity contribution < 1.29 is 12.8 Å². The summed E-state index contributed by atoms with van der Waals surface area (Å²) in [6.07, 6.45) is 0.652. The van der Waals surface area contributed by atoms with Crippen LogP contribution in [0, 0.1) is 5.82 Å². The second-order valence-electron chi connectivity index (χ2n) is 6.24. The van der Waals surface area contributed by atoms with E-state index in [2.05, 4.69) is 15.6 Å². The summed E-state index contributed by atoms with van der Waals surface area (Å²) in [6, 6.07) is 6.44. The minimum atomic E-state index is -3.16. The van der Waals surface area contributed by atoms with E-state index < -0.39 is 14.6 Å². The maximum absolute atomic E-state index is 13.1. The first-order valence-electron chi connectivity index (χ1n) is 7.57. The Morgan fingerprint density at radius 2 is 1.87 bits per heavy atom. The van der Waals surface area contributed by atoms with Gasteiger partial charge in [0, 0.05) is 20.1 Å². The Labute approximate surface area is 138 Å². The molecule has 1 rings (SSSR count). The van der Waals surface area contributed by atoms with Gasteiger partial charge in [0.05, 0.1) is 10.5 Å². The molecule has 130 valence electrons. The lowest BCUT2D eigenvalue weighted by Gasteiger charge is -2.19. The van der Waals surface area contributed by atoms with Gasteiger partial charge < -0.3 is 10.6 Å². The second-order valence-corrected chi connectivity index (χ2v) is 9.10. The van der Waals surface area contributed by atoms with E-state index in [1.54, 1.807) is 33.9 Å². The summed E-state index contributed by atoms with van der Waals surface area (Å²) < 4.78 is 36.4. The highest BCUT2D eigenvalue weighted by atomic mass is 32.2. The van der Waals surface area contributed by atoms with Gasteiger partial charge in [-0.15, -0.1) is 0 Å². The van der Waals surface area contributed by atoms with Gasteiger partial charge in [-0.05, 0) is 44.9 Å². The molecule has 1 aromatic rings. The summed E-state index contributed by atoms with van der Waals surface area (Å²) in [5.74, 6) is 0.323. The van der Waals surface area contributed by atoms with Crippen molar-refractivity contribution in [3.05, 3.63) is 35.6 Å². The normalized spacial score (nSPS) is 13.0. The molecule has 0 amide bonds. The lowest BCUT2D eigenvalue weighted by atomic mass is 10.1.